The minimum absolute atomic E-state index is 0.106. The van der Waals surface area contributed by atoms with Crippen molar-refractivity contribution >= 4 is 114 Å². The summed E-state index contributed by atoms with van der Waals surface area (Å²) in [5.41, 5.74) is 12.6. The van der Waals surface area contributed by atoms with Crippen LogP contribution < -0.4 is 42.0 Å². The summed E-state index contributed by atoms with van der Waals surface area (Å²) < 4.78 is 5.45. The zero-order valence-electron chi connectivity index (χ0n) is 57.1. The number of hydrogen-bond acceptors (Lipinski definition) is 13. The molecule has 6 heterocycles. The molecule has 0 aliphatic carbocycles. The molecule has 1 saturated heterocycles. The van der Waals surface area contributed by atoms with Gasteiger partial charge in [-0.2, -0.15) is 30.9 Å². The van der Waals surface area contributed by atoms with E-state index in [-0.39, 0.29) is 24.1 Å². The number of piperazine rings is 1. The van der Waals surface area contributed by atoms with Gasteiger partial charge in [0.05, 0.1) is 52.4 Å². The van der Waals surface area contributed by atoms with Gasteiger partial charge in [-0.05, 0) is 168 Å². The fourth-order valence-electron chi connectivity index (χ4n) is 11.3. The van der Waals surface area contributed by atoms with Crippen LogP contribution >= 0.6 is 22.9 Å². The van der Waals surface area contributed by atoms with Crippen molar-refractivity contribution in [3.05, 3.63) is 208 Å². The molecule has 0 saturated carbocycles. The number of H-pyrrole nitrogens is 4. The van der Waals surface area contributed by atoms with Crippen LogP contribution in [0.5, 0.6) is 5.75 Å². The molecule has 522 valence electrons. The smallest absolute Gasteiger partial charge is 0.323 e. The van der Waals surface area contributed by atoms with Gasteiger partial charge in [0.25, 0.3) is 0 Å². The van der Waals surface area contributed by atoms with Gasteiger partial charge in [-0.3, -0.25) is 41.7 Å². The van der Waals surface area contributed by atoms with Crippen LogP contribution in [0, 0.1) is 22.7 Å². The number of benzene rings is 8. The summed E-state index contributed by atoms with van der Waals surface area (Å²) in [7, 11) is 3.73. The van der Waals surface area contributed by atoms with Crippen LogP contribution in [-0.4, -0.2) is 135 Å². The van der Waals surface area contributed by atoms with Crippen molar-refractivity contribution in [1.82, 2.24) is 66.5 Å². The van der Waals surface area contributed by atoms with Gasteiger partial charge in [0, 0.05) is 82.8 Å². The summed E-state index contributed by atoms with van der Waals surface area (Å²) in [6.45, 7) is 9.14. The Bertz CT molecular complexity index is 5180. The lowest BCUT2D eigenvalue weighted by molar-refractivity contribution is 0.164. The molecule has 1 aliphatic heterocycles. The largest absolute Gasteiger partial charge is 0.496 e. The quantitative estimate of drug-likeness (QED) is 0.0379. The number of aromatic amines is 4. The molecule has 1 fully saturated rings. The third-order valence-corrected chi connectivity index (χ3v) is 17.9. The second-order valence-electron chi connectivity index (χ2n) is 24.0. The third kappa shape index (κ3) is 18.9. The van der Waals surface area contributed by atoms with Crippen LogP contribution in [0.15, 0.2) is 187 Å². The van der Waals surface area contributed by atoms with E-state index in [1.54, 1.807) is 30.6 Å². The number of anilines is 4. The fourth-order valence-corrected chi connectivity index (χ4v) is 12.2. The highest BCUT2D eigenvalue weighted by Gasteiger charge is 2.22. The first-order valence-electron chi connectivity index (χ1n) is 33.5. The number of thiophene rings is 1. The summed E-state index contributed by atoms with van der Waals surface area (Å²) in [4.78, 5) is 53.6. The maximum absolute atomic E-state index is 12.5. The maximum atomic E-state index is 12.5. The number of halogens is 1. The Morgan fingerprint density at radius 1 is 0.495 bits per heavy atom. The SMILES string of the molecule is CCCCNC(=O)Nc1n[nH]c2cc(-c3cccc(C#N)c3)ccc12.CCCNC(=O)Nc1n[nH]c2cc(-c3cccc(Cl)c3)ccc12.COc1ccccc1-c1ccc2c(NC(=O)N3CCN(C)CC3)n[nH]c2c1.N#Cc1cccc(-c2ccc3c(NC(=O)NCCc4cccs4)n[nH]c3c2)c1. The van der Waals surface area contributed by atoms with E-state index in [1.165, 1.54) is 4.88 Å². The summed E-state index contributed by atoms with van der Waals surface area (Å²) in [5, 5.41) is 72.6. The molecule has 24 nitrogen and oxygen atoms in total. The predicted molar refractivity (Wildman–Crippen MR) is 409 cm³/mol. The lowest BCUT2D eigenvalue weighted by Gasteiger charge is -2.32. The van der Waals surface area contributed by atoms with Gasteiger partial charge in [0.15, 0.2) is 23.3 Å². The third-order valence-electron chi connectivity index (χ3n) is 16.8. The van der Waals surface area contributed by atoms with E-state index in [4.69, 9.17) is 26.9 Å². The number of nitriles is 2. The monoisotopic (exact) mass is 1410 g/mol. The highest BCUT2D eigenvalue weighted by Crippen LogP contribution is 2.35. The number of carbonyl (C=O) groups excluding carboxylic acids is 4. The number of para-hydroxylation sites is 1. The van der Waals surface area contributed by atoms with Crippen molar-refractivity contribution in [3.8, 4) is 62.4 Å². The van der Waals surface area contributed by atoms with Gasteiger partial charge in [-0.25, -0.2) is 19.2 Å². The number of urea groups is 4. The zero-order chi connectivity index (χ0) is 72.0. The standard InChI is InChI=1S/C21H17N5OS.C20H23N5O2.C19H19N5O.C17H17ClN4O/c22-13-14-3-1-4-15(11-14)16-6-7-18-19(12-16)25-26-20(18)24-21(27)23-9-8-17-5-2-10-28-17;1-24-9-11-25(12-10-24)20(26)21-19-16-8-7-14(13-17(16)22-23-19)15-5-3-4-6-18(15)27-2;1-2-3-9-21-19(25)22-18-16-8-7-15(11-17(16)23-24-18)14-6-4-5-13(10-14)12-20;1-2-8-19-17(23)20-16-14-7-6-12(10-15(14)21-22-16)11-4-3-5-13(18)9-11/h1-7,10-12H,8-9H2,(H3,23,24,25,26,27);3-8,13H,9-12H2,1-2H3,(H2,21,22,23,26);4-8,10-11H,2-3,9H2,1H3,(H3,21,22,23,24,25);3-7,9-10H,2,8H2,1H3,(H3,19,20,21,22,23). The topological polar surface area (TPSA) is 330 Å². The van der Waals surface area contributed by atoms with Crippen LogP contribution in [0.25, 0.3) is 88.1 Å². The Labute approximate surface area is 603 Å². The number of nitrogens with zero attached hydrogens (tertiary/aromatic N) is 8. The van der Waals surface area contributed by atoms with Crippen molar-refractivity contribution in [1.29, 1.82) is 10.5 Å². The normalized spacial score (nSPS) is 11.7. The molecule has 0 unspecified atom stereocenters. The average Bonchev–Trinajstić information content (AvgIpc) is 1.66. The molecule has 0 radical (unpaired) electrons. The van der Waals surface area contributed by atoms with Gasteiger partial charge < -0.3 is 30.5 Å². The Hall–Kier alpha value is -12.6. The number of unbranched alkanes of at least 4 members (excludes halogenated alkanes) is 1. The minimum Gasteiger partial charge on any atom is -0.496 e. The first-order chi connectivity index (χ1) is 50.3. The van der Waals surface area contributed by atoms with Crippen LogP contribution in [0.2, 0.25) is 5.02 Å². The molecule has 13 aromatic rings. The number of methoxy groups -OCH3 is 1. The number of amides is 8. The van der Waals surface area contributed by atoms with E-state index in [0.717, 1.165) is 146 Å². The van der Waals surface area contributed by atoms with Gasteiger partial charge in [-0.1, -0.05) is 117 Å². The van der Waals surface area contributed by atoms with Crippen molar-refractivity contribution in [2.45, 2.75) is 39.5 Å². The second-order valence-corrected chi connectivity index (χ2v) is 25.4. The number of carbonyl (C=O) groups is 4. The average molecular weight is 1420 g/mol. The summed E-state index contributed by atoms with van der Waals surface area (Å²) >= 11 is 7.72. The number of fused-ring (bicyclic) bond motifs is 4. The lowest BCUT2D eigenvalue weighted by Crippen LogP contribution is -2.48. The minimum atomic E-state index is -0.282. The van der Waals surface area contributed by atoms with E-state index < -0.39 is 0 Å². The van der Waals surface area contributed by atoms with Crippen molar-refractivity contribution in [2.75, 3.05) is 81.2 Å². The number of nitrogens with one attached hydrogen (secondary N) is 11. The van der Waals surface area contributed by atoms with Gasteiger partial charge >= 0.3 is 24.1 Å². The highest BCUT2D eigenvalue weighted by molar-refractivity contribution is 7.09. The molecule has 0 spiro atoms. The van der Waals surface area contributed by atoms with E-state index in [1.807, 2.05) is 181 Å². The van der Waals surface area contributed by atoms with Crippen molar-refractivity contribution in [2.24, 2.45) is 0 Å². The van der Waals surface area contributed by atoms with Gasteiger partial charge in [0.2, 0.25) is 0 Å². The first kappa shape index (κ1) is 71.7. The highest BCUT2D eigenvalue weighted by atomic mass is 35.5. The Kier molecular flexibility index (Phi) is 24.4. The van der Waals surface area contributed by atoms with E-state index in [0.29, 0.717) is 59.1 Å². The van der Waals surface area contributed by atoms with E-state index in [2.05, 4.69) is 115 Å². The fraction of sp³-hybridized carbons (Fsp3) is 0.195. The van der Waals surface area contributed by atoms with Crippen LogP contribution in [0.3, 0.4) is 0 Å². The molecule has 1 aliphatic rings. The summed E-state index contributed by atoms with van der Waals surface area (Å²) in [6.07, 6.45) is 3.66. The Morgan fingerprint density at radius 2 is 0.942 bits per heavy atom. The number of ether oxygens (including phenoxy) is 1. The lowest BCUT2D eigenvalue weighted by atomic mass is 10.0. The Balaban J connectivity index is 0.000000138. The number of hydrogen-bond donors (Lipinski definition) is 11. The van der Waals surface area contributed by atoms with Gasteiger partial charge in [0.1, 0.15) is 5.75 Å². The molecule has 0 atom stereocenters. The van der Waals surface area contributed by atoms with Crippen LogP contribution in [0.1, 0.15) is 49.1 Å². The van der Waals surface area contributed by atoms with Crippen LogP contribution in [0.4, 0.5) is 42.4 Å². The molecule has 103 heavy (non-hydrogen) atoms. The number of rotatable bonds is 17. The molecular weight excluding hydrogens is 1340 g/mol. The number of aromatic nitrogens is 8. The Morgan fingerprint density at radius 3 is 1.41 bits per heavy atom. The molecular formula is C77H76ClN19O5S. The molecule has 11 N–H and O–H groups in total. The van der Waals surface area contributed by atoms with Crippen LogP contribution in [-0.2, 0) is 6.42 Å². The van der Waals surface area contributed by atoms with Gasteiger partial charge in [-0.15, -0.1) is 11.3 Å². The summed E-state index contributed by atoms with van der Waals surface area (Å²) in [6, 6.07) is 61.5. The molecule has 8 aromatic carbocycles. The number of likely N-dealkylation sites (N-methyl/N-ethyl adjacent to an activating group) is 1. The predicted octanol–water partition coefficient (Wildman–Crippen LogP) is 16.0. The van der Waals surface area contributed by atoms with E-state index in [9.17, 15) is 19.2 Å². The van der Waals surface area contributed by atoms with Crippen molar-refractivity contribution in [3.63, 3.8) is 0 Å². The molecule has 8 amide bonds. The molecule has 5 aromatic heterocycles. The van der Waals surface area contributed by atoms with Crippen molar-refractivity contribution < 1.29 is 23.9 Å². The van der Waals surface area contributed by atoms with E-state index >= 15 is 0 Å². The second kappa shape index (κ2) is 35.0. The summed E-state index contributed by atoms with van der Waals surface area (Å²) in [5.74, 6) is 2.88. The first-order valence-corrected chi connectivity index (χ1v) is 34.8. The molecule has 0 bridgehead atoms. The molecule has 14 rings (SSSR count). The maximum Gasteiger partial charge on any atom is 0.323 e. The molecule has 26 heteroatoms. The zero-order valence-corrected chi connectivity index (χ0v) is 58.7.